The normalized spacial score (nSPS) is 21.7. The predicted molar refractivity (Wildman–Crippen MR) is 49.3 cm³/mol. The van der Waals surface area contributed by atoms with Gasteiger partial charge in [0.2, 0.25) is 0 Å². The molecule has 2 heterocycles. The first kappa shape index (κ1) is 8.25. The average molecular weight is 180 g/mol. The van der Waals surface area contributed by atoms with Crippen LogP contribution in [0.5, 0.6) is 0 Å². The lowest BCUT2D eigenvalue weighted by Crippen LogP contribution is -2.19. The van der Waals surface area contributed by atoms with E-state index in [0.29, 0.717) is 11.9 Å². The van der Waals surface area contributed by atoms with Gasteiger partial charge in [-0.05, 0) is 6.42 Å². The summed E-state index contributed by atoms with van der Waals surface area (Å²) in [5.74, 6) is 1.25. The van der Waals surface area contributed by atoms with Crippen LogP contribution in [0.25, 0.3) is 0 Å². The Morgan fingerprint density at radius 2 is 2.46 bits per heavy atom. The monoisotopic (exact) mass is 180 g/mol. The molecular formula is C8H12N4O. The maximum absolute atomic E-state index is 5.51. The number of nitrogens with two attached hydrogens (primary N) is 1. The minimum absolute atomic E-state index is 0.356. The molecule has 13 heavy (non-hydrogen) atoms. The SMILES string of the molecule is Nc1cc(N[C@H]2CCOC2)ncn1. The fourth-order valence-corrected chi connectivity index (χ4v) is 1.31. The van der Waals surface area contributed by atoms with Gasteiger partial charge in [-0.3, -0.25) is 0 Å². The van der Waals surface area contributed by atoms with Gasteiger partial charge in [0, 0.05) is 12.7 Å². The number of nitrogen functional groups attached to an aromatic ring is 1. The Morgan fingerprint density at radius 1 is 1.54 bits per heavy atom. The molecule has 0 radical (unpaired) electrons. The molecule has 3 N–H and O–H groups in total. The Balaban J connectivity index is 2.00. The van der Waals surface area contributed by atoms with E-state index in [-0.39, 0.29) is 0 Å². The number of hydrogen-bond acceptors (Lipinski definition) is 5. The van der Waals surface area contributed by atoms with Crippen molar-refractivity contribution in [3.63, 3.8) is 0 Å². The van der Waals surface area contributed by atoms with E-state index in [2.05, 4.69) is 15.3 Å². The van der Waals surface area contributed by atoms with Crippen LogP contribution in [0, 0.1) is 0 Å². The van der Waals surface area contributed by atoms with Gasteiger partial charge in [-0.25, -0.2) is 9.97 Å². The maximum Gasteiger partial charge on any atom is 0.131 e. The van der Waals surface area contributed by atoms with E-state index in [9.17, 15) is 0 Å². The van der Waals surface area contributed by atoms with Crippen molar-refractivity contribution >= 4 is 11.6 Å². The molecule has 2 rings (SSSR count). The van der Waals surface area contributed by atoms with Gasteiger partial charge in [0.05, 0.1) is 12.6 Å². The van der Waals surface area contributed by atoms with E-state index in [0.717, 1.165) is 25.5 Å². The third kappa shape index (κ3) is 2.06. The van der Waals surface area contributed by atoms with E-state index < -0.39 is 0 Å². The van der Waals surface area contributed by atoms with E-state index in [1.54, 1.807) is 6.07 Å². The standard InChI is InChI=1S/C8H12N4O/c9-7-3-8(11-5-10-7)12-6-1-2-13-4-6/h3,5-6H,1-2,4H2,(H3,9,10,11,12)/t6-/m0/s1. The van der Waals surface area contributed by atoms with Crippen molar-refractivity contribution in [2.45, 2.75) is 12.5 Å². The van der Waals surface area contributed by atoms with Crippen molar-refractivity contribution in [1.29, 1.82) is 0 Å². The van der Waals surface area contributed by atoms with Crippen molar-refractivity contribution in [2.24, 2.45) is 0 Å². The van der Waals surface area contributed by atoms with Crippen LogP contribution in [0.2, 0.25) is 0 Å². The fraction of sp³-hybridized carbons (Fsp3) is 0.500. The van der Waals surface area contributed by atoms with E-state index in [1.165, 1.54) is 6.33 Å². The smallest absolute Gasteiger partial charge is 0.131 e. The van der Waals surface area contributed by atoms with Gasteiger partial charge in [-0.15, -0.1) is 0 Å². The summed E-state index contributed by atoms with van der Waals surface area (Å²) in [6.07, 6.45) is 2.47. The number of anilines is 2. The minimum atomic E-state index is 0.356. The first-order valence-electron chi connectivity index (χ1n) is 4.26. The molecule has 1 atom stereocenters. The number of nitrogens with zero attached hydrogens (tertiary/aromatic N) is 2. The Morgan fingerprint density at radius 3 is 3.15 bits per heavy atom. The summed E-state index contributed by atoms with van der Waals surface area (Å²) < 4.78 is 5.22. The lowest BCUT2D eigenvalue weighted by Gasteiger charge is -2.10. The van der Waals surface area contributed by atoms with Crippen molar-refractivity contribution < 1.29 is 4.74 Å². The Hall–Kier alpha value is -1.36. The lowest BCUT2D eigenvalue weighted by atomic mass is 10.2. The highest BCUT2D eigenvalue weighted by molar-refractivity contribution is 5.43. The summed E-state index contributed by atoms with van der Waals surface area (Å²) in [5.41, 5.74) is 5.51. The number of aromatic nitrogens is 2. The molecule has 1 aliphatic heterocycles. The van der Waals surface area contributed by atoms with E-state index in [1.807, 2.05) is 0 Å². The summed E-state index contributed by atoms with van der Waals surface area (Å²) in [7, 11) is 0. The summed E-state index contributed by atoms with van der Waals surface area (Å²) in [4.78, 5) is 7.86. The minimum Gasteiger partial charge on any atom is -0.384 e. The molecule has 0 spiro atoms. The molecule has 0 amide bonds. The Kier molecular flexibility index (Phi) is 2.27. The molecular weight excluding hydrogens is 168 g/mol. The zero-order valence-electron chi connectivity index (χ0n) is 7.23. The molecule has 0 saturated carbocycles. The maximum atomic E-state index is 5.51. The highest BCUT2D eigenvalue weighted by Gasteiger charge is 2.15. The van der Waals surface area contributed by atoms with Gasteiger partial charge in [0.1, 0.15) is 18.0 Å². The van der Waals surface area contributed by atoms with Gasteiger partial charge in [-0.2, -0.15) is 0 Å². The van der Waals surface area contributed by atoms with Crippen LogP contribution in [0.1, 0.15) is 6.42 Å². The number of ether oxygens (including phenoxy) is 1. The second kappa shape index (κ2) is 3.57. The molecule has 1 aromatic rings. The number of nitrogens with one attached hydrogen (secondary N) is 1. The Bertz CT molecular complexity index is 285. The zero-order chi connectivity index (χ0) is 9.10. The predicted octanol–water partition coefficient (Wildman–Crippen LogP) is 0.260. The van der Waals surface area contributed by atoms with Crippen molar-refractivity contribution in [3.8, 4) is 0 Å². The van der Waals surface area contributed by atoms with Crippen LogP contribution >= 0.6 is 0 Å². The van der Waals surface area contributed by atoms with Crippen LogP contribution in [0.15, 0.2) is 12.4 Å². The molecule has 1 fully saturated rings. The van der Waals surface area contributed by atoms with Gasteiger partial charge in [-0.1, -0.05) is 0 Å². The highest BCUT2D eigenvalue weighted by atomic mass is 16.5. The van der Waals surface area contributed by atoms with Gasteiger partial charge >= 0.3 is 0 Å². The van der Waals surface area contributed by atoms with Crippen LogP contribution < -0.4 is 11.1 Å². The summed E-state index contributed by atoms with van der Waals surface area (Å²) in [6.45, 7) is 1.56. The summed E-state index contributed by atoms with van der Waals surface area (Å²) in [5, 5.41) is 3.23. The van der Waals surface area contributed by atoms with E-state index >= 15 is 0 Å². The topological polar surface area (TPSA) is 73.1 Å². The third-order valence-electron chi connectivity index (χ3n) is 1.97. The zero-order valence-corrected chi connectivity index (χ0v) is 7.23. The van der Waals surface area contributed by atoms with Crippen LogP contribution in [0.3, 0.4) is 0 Å². The molecule has 1 aromatic heterocycles. The second-order valence-corrected chi connectivity index (χ2v) is 3.03. The molecule has 1 aliphatic rings. The first-order chi connectivity index (χ1) is 6.34. The lowest BCUT2D eigenvalue weighted by molar-refractivity contribution is 0.195. The molecule has 70 valence electrons. The molecule has 5 heteroatoms. The molecule has 0 aliphatic carbocycles. The van der Waals surface area contributed by atoms with Gasteiger partial charge in [0.15, 0.2) is 0 Å². The third-order valence-corrected chi connectivity index (χ3v) is 1.97. The molecule has 1 saturated heterocycles. The van der Waals surface area contributed by atoms with Gasteiger partial charge < -0.3 is 15.8 Å². The van der Waals surface area contributed by atoms with E-state index in [4.69, 9.17) is 10.5 Å². The quantitative estimate of drug-likeness (QED) is 0.683. The van der Waals surface area contributed by atoms with Crippen molar-refractivity contribution in [2.75, 3.05) is 24.3 Å². The molecule has 0 aromatic carbocycles. The molecule has 0 unspecified atom stereocenters. The average Bonchev–Trinajstić information content (AvgIpc) is 2.57. The molecule has 0 bridgehead atoms. The second-order valence-electron chi connectivity index (χ2n) is 3.03. The summed E-state index contributed by atoms with van der Waals surface area (Å²) in [6, 6.07) is 2.08. The van der Waals surface area contributed by atoms with Crippen LogP contribution in [-0.2, 0) is 4.74 Å². The first-order valence-corrected chi connectivity index (χ1v) is 4.26. The van der Waals surface area contributed by atoms with Crippen molar-refractivity contribution in [3.05, 3.63) is 12.4 Å². The van der Waals surface area contributed by atoms with Crippen LogP contribution in [0.4, 0.5) is 11.6 Å². The van der Waals surface area contributed by atoms with Crippen LogP contribution in [-0.4, -0.2) is 29.2 Å². The van der Waals surface area contributed by atoms with Gasteiger partial charge in [0.25, 0.3) is 0 Å². The summed E-state index contributed by atoms with van der Waals surface area (Å²) >= 11 is 0. The number of rotatable bonds is 2. The molecule has 5 nitrogen and oxygen atoms in total. The van der Waals surface area contributed by atoms with Crippen molar-refractivity contribution in [1.82, 2.24) is 9.97 Å². The highest BCUT2D eigenvalue weighted by Crippen LogP contribution is 2.11. The Labute approximate surface area is 76.3 Å². The number of hydrogen-bond donors (Lipinski definition) is 2. The largest absolute Gasteiger partial charge is 0.384 e. The fourth-order valence-electron chi connectivity index (χ4n) is 1.31.